The van der Waals surface area contributed by atoms with Crippen molar-refractivity contribution in [2.24, 2.45) is 17.1 Å². The number of carbonyl (C=O) groups is 2. The first-order valence-electron chi connectivity index (χ1n) is 12.5. The van der Waals surface area contributed by atoms with Crippen LogP contribution in [-0.4, -0.2) is 79.9 Å². The lowest BCUT2D eigenvalue weighted by Crippen LogP contribution is -2.52. The highest BCUT2D eigenvalue weighted by molar-refractivity contribution is 5.86. The third-order valence-corrected chi connectivity index (χ3v) is 8.50. The van der Waals surface area contributed by atoms with Gasteiger partial charge in [0.25, 0.3) is 0 Å². The number of urea groups is 1. The van der Waals surface area contributed by atoms with E-state index in [0.29, 0.717) is 51.1 Å². The third-order valence-electron chi connectivity index (χ3n) is 8.50. The maximum Gasteiger partial charge on any atom is 0.416 e. The number of nitrogens with zero attached hydrogens (tertiary/aromatic N) is 2. The molecule has 0 bridgehead atoms. The zero-order chi connectivity index (χ0) is 25.7. The standard InChI is InChI=1S/C25H33F3N4O4/c1-35-21-13-36-7-5-20(21)30-19-9-18-12-32(23(29)34)14-24(18,10-19)22(33)31-6-4-15-2-3-17(25(26,27)28)8-16(15)11-31/h2-3,8,18-21,30H,4-7,9-14H2,1H3,(H2,29,34)/t18-,19+,20?,21?,24-/m0/s1. The van der Waals surface area contributed by atoms with Crippen molar-refractivity contribution < 1.29 is 32.2 Å². The fourth-order valence-electron chi connectivity index (χ4n) is 6.66. The fraction of sp³-hybridized carbons (Fsp3) is 0.680. The molecule has 5 atom stereocenters. The number of primary amides is 1. The maximum absolute atomic E-state index is 14.1. The van der Waals surface area contributed by atoms with Gasteiger partial charge in [0, 0.05) is 52.0 Å². The van der Waals surface area contributed by atoms with Gasteiger partial charge in [0.15, 0.2) is 0 Å². The number of nitrogens with one attached hydrogen (secondary N) is 1. The average Bonchev–Trinajstić information content (AvgIpc) is 3.38. The molecule has 11 heteroatoms. The average molecular weight is 511 g/mol. The van der Waals surface area contributed by atoms with Gasteiger partial charge in [-0.2, -0.15) is 13.2 Å². The molecule has 2 saturated heterocycles. The number of nitrogens with two attached hydrogens (primary N) is 1. The minimum Gasteiger partial charge on any atom is -0.379 e. The van der Waals surface area contributed by atoms with E-state index in [4.69, 9.17) is 15.2 Å². The molecule has 0 spiro atoms. The van der Waals surface area contributed by atoms with Gasteiger partial charge in [0.05, 0.1) is 23.7 Å². The van der Waals surface area contributed by atoms with E-state index in [1.54, 1.807) is 12.0 Å². The number of hydrogen-bond acceptors (Lipinski definition) is 5. The Bertz CT molecular complexity index is 1020. The predicted molar refractivity (Wildman–Crippen MR) is 124 cm³/mol. The number of likely N-dealkylation sites (tertiary alicyclic amines) is 1. The van der Waals surface area contributed by atoms with Gasteiger partial charge in [-0.25, -0.2) is 4.79 Å². The molecule has 4 aliphatic rings. The molecule has 3 fully saturated rings. The number of carbonyl (C=O) groups excluding carboxylic acids is 2. The number of fused-ring (bicyclic) bond motifs is 2. The SMILES string of the molecule is COC1COCCC1N[C@@H]1C[C@H]2CN(C(N)=O)C[C@@]2(C(=O)N2CCc3ccc(C(F)(F)F)cc3C2)C1. The van der Waals surface area contributed by atoms with Crippen molar-refractivity contribution in [3.63, 3.8) is 0 Å². The summed E-state index contributed by atoms with van der Waals surface area (Å²) in [5.41, 5.74) is 5.44. The first kappa shape index (κ1) is 25.3. The van der Waals surface area contributed by atoms with E-state index >= 15 is 0 Å². The van der Waals surface area contributed by atoms with Crippen molar-refractivity contribution in [3.8, 4) is 0 Å². The van der Waals surface area contributed by atoms with E-state index < -0.39 is 23.2 Å². The second kappa shape index (κ2) is 9.50. The Morgan fingerprint density at radius 2 is 2.06 bits per heavy atom. The number of hydrogen-bond donors (Lipinski definition) is 2. The van der Waals surface area contributed by atoms with Crippen LogP contribution in [0.3, 0.4) is 0 Å². The quantitative estimate of drug-likeness (QED) is 0.647. The van der Waals surface area contributed by atoms with Crippen LogP contribution < -0.4 is 11.1 Å². The molecular formula is C25H33F3N4O4. The van der Waals surface area contributed by atoms with E-state index in [2.05, 4.69) is 5.32 Å². The summed E-state index contributed by atoms with van der Waals surface area (Å²) in [5.74, 6) is -0.169. The molecule has 1 aromatic rings. The third kappa shape index (κ3) is 4.56. The molecule has 3 amide bonds. The molecule has 0 radical (unpaired) electrons. The van der Waals surface area contributed by atoms with Crippen molar-refractivity contribution in [2.75, 3.05) is 40.0 Å². The second-order valence-electron chi connectivity index (χ2n) is 10.6. The molecule has 3 heterocycles. The molecule has 8 nitrogen and oxygen atoms in total. The monoisotopic (exact) mass is 510 g/mol. The molecule has 3 N–H and O–H groups in total. The molecule has 1 saturated carbocycles. The smallest absolute Gasteiger partial charge is 0.379 e. The van der Waals surface area contributed by atoms with Gasteiger partial charge >= 0.3 is 12.2 Å². The topological polar surface area (TPSA) is 97.1 Å². The van der Waals surface area contributed by atoms with Crippen molar-refractivity contribution in [3.05, 3.63) is 34.9 Å². The Balaban J connectivity index is 1.36. The number of halogens is 3. The molecule has 198 valence electrons. The van der Waals surface area contributed by atoms with Crippen LogP contribution in [-0.2, 0) is 33.4 Å². The van der Waals surface area contributed by atoms with Crippen LogP contribution in [0.1, 0.15) is 36.0 Å². The van der Waals surface area contributed by atoms with E-state index in [-0.39, 0.29) is 43.1 Å². The van der Waals surface area contributed by atoms with Crippen LogP contribution in [0.2, 0.25) is 0 Å². The summed E-state index contributed by atoms with van der Waals surface area (Å²) in [6.45, 7) is 2.36. The van der Waals surface area contributed by atoms with Crippen LogP contribution in [0, 0.1) is 11.3 Å². The number of rotatable bonds is 4. The molecule has 1 aromatic carbocycles. The highest BCUT2D eigenvalue weighted by Crippen LogP contribution is 2.50. The van der Waals surface area contributed by atoms with Crippen LogP contribution >= 0.6 is 0 Å². The summed E-state index contributed by atoms with van der Waals surface area (Å²) >= 11 is 0. The van der Waals surface area contributed by atoms with Gasteiger partial charge in [0.2, 0.25) is 5.91 Å². The van der Waals surface area contributed by atoms with Gasteiger partial charge < -0.3 is 30.3 Å². The summed E-state index contributed by atoms with van der Waals surface area (Å²) in [6, 6.07) is 3.38. The van der Waals surface area contributed by atoms with Crippen LogP contribution in [0.4, 0.5) is 18.0 Å². The zero-order valence-electron chi connectivity index (χ0n) is 20.4. The Morgan fingerprint density at radius 1 is 1.25 bits per heavy atom. The first-order valence-corrected chi connectivity index (χ1v) is 12.5. The summed E-state index contributed by atoms with van der Waals surface area (Å²) in [7, 11) is 1.66. The lowest BCUT2D eigenvalue weighted by molar-refractivity contribution is -0.143. The minimum atomic E-state index is -4.44. The van der Waals surface area contributed by atoms with Gasteiger partial charge in [0.1, 0.15) is 0 Å². The van der Waals surface area contributed by atoms with Gasteiger partial charge in [-0.15, -0.1) is 0 Å². The molecule has 3 aliphatic heterocycles. The summed E-state index contributed by atoms with van der Waals surface area (Å²) < 4.78 is 51.0. The summed E-state index contributed by atoms with van der Waals surface area (Å²) in [4.78, 5) is 29.3. The van der Waals surface area contributed by atoms with E-state index in [1.165, 1.54) is 11.0 Å². The van der Waals surface area contributed by atoms with Gasteiger partial charge in [-0.05, 0) is 54.9 Å². The highest BCUT2D eigenvalue weighted by atomic mass is 19.4. The van der Waals surface area contributed by atoms with E-state index in [1.807, 2.05) is 0 Å². The lowest BCUT2D eigenvalue weighted by atomic mass is 9.78. The largest absolute Gasteiger partial charge is 0.416 e. The highest BCUT2D eigenvalue weighted by Gasteiger charge is 2.59. The normalized spacial score (nSPS) is 32.3. The Labute approximate surface area is 208 Å². The van der Waals surface area contributed by atoms with Crippen molar-refractivity contribution >= 4 is 11.9 Å². The van der Waals surface area contributed by atoms with Gasteiger partial charge in [-0.3, -0.25) is 4.79 Å². The maximum atomic E-state index is 14.1. The molecule has 36 heavy (non-hydrogen) atoms. The summed E-state index contributed by atoms with van der Waals surface area (Å²) in [6.07, 6.45) is -1.95. The fourth-order valence-corrected chi connectivity index (χ4v) is 6.66. The number of methoxy groups -OCH3 is 1. The number of amides is 3. The summed E-state index contributed by atoms with van der Waals surface area (Å²) in [5, 5.41) is 3.68. The van der Waals surface area contributed by atoms with E-state index in [0.717, 1.165) is 24.1 Å². The lowest BCUT2D eigenvalue weighted by Gasteiger charge is -2.38. The molecule has 1 aliphatic carbocycles. The van der Waals surface area contributed by atoms with Crippen LogP contribution in [0.15, 0.2) is 18.2 Å². The minimum absolute atomic E-state index is 0.0589. The predicted octanol–water partition coefficient (Wildman–Crippen LogP) is 2.14. The Kier molecular flexibility index (Phi) is 6.67. The number of ether oxygens (including phenoxy) is 2. The Morgan fingerprint density at radius 3 is 2.78 bits per heavy atom. The van der Waals surface area contributed by atoms with Crippen molar-refractivity contribution in [1.29, 1.82) is 0 Å². The Hall–Kier alpha value is -2.37. The molecule has 2 unspecified atom stereocenters. The molecule has 5 rings (SSSR count). The second-order valence-corrected chi connectivity index (χ2v) is 10.6. The van der Waals surface area contributed by atoms with Crippen LogP contribution in [0.25, 0.3) is 0 Å². The molecular weight excluding hydrogens is 477 g/mol. The number of alkyl halides is 3. The molecule has 0 aromatic heterocycles. The van der Waals surface area contributed by atoms with Crippen LogP contribution in [0.5, 0.6) is 0 Å². The number of benzene rings is 1. The van der Waals surface area contributed by atoms with Gasteiger partial charge in [-0.1, -0.05) is 6.07 Å². The van der Waals surface area contributed by atoms with E-state index in [9.17, 15) is 22.8 Å². The zero-order valence-corrected chi connectivity index (χ0v) is 20.4. The van der Waals surface area contributed by atoms with Crippen molar-refractivity contribution in [2.45, 2.75) is 56.6 Å². The van der Waals surface area contributed by atoms with Crippen molar-refractivity contribution in [1.82, 2.24) is 15.1 Å². The first-order chi connectivity index (χ1) is 17.1.